The molecule has 0 saturated carbocycles. The van der Waals surface area contributed by atoms with E-state index < -0.39 is 12.0 Å². The smallest absolute Gasteiger partial charge is 0.320 e. The highest BCUT2D eigenvalue weighted by Gasteiger charge is 2.29. The molecule has 1 aliphatic heterocycles. The molecular weight excluding hydrogens is 322 g/mol. The maximum Gasteiger partial charge on any atom is 0.320 e. The van der Waals surface area contributed by atoms with Gasteiger partial charge in [0.05, 0.1) is 0 Å². The van der Waals surface area contributed by atoms with Crippen molar-refractivity contribution in [2.75, 3.05) is 13.2 Å². The van der Waals surface area contributed by atoms with Crippen LogP contribution < -0.4 is 5.32 Å². The average molecular weight is 342 g/mol. The normalized spacial score (nSPS) is 17.9. The van der Waals surface area contributed by atoms with Crippen LogP contribution in [0.25, 0.3) is 0 Å². The van der Waals surface area contributed by atoms with Crippen LogP contribution >= 0.6 is 15.9 Å². The van der Waals surface area contributed by atoms with Gasteiger partial charge in [-0.2, -0.15) is 0 Å². The molecular formula is C15H20BrNO3. The zero-order chi connectivity index (χ0) is 14.5. The Morgan fingerprint density at radius 2 is 2.20 bits per heavy atom. The lowest BCUT2D eigenvalue weighted by Gasteiger charge is -2.28. The zero-order valence-electron chi connectivity index (χ0n) is 11.6. The van der Waals surface area contributed by atoms with Gasteiger partial charge in [-0.15, -0.1) is 0 Å². The Hall–Kier alpha value is -0.910. The summed E-state index contributed by atoms with van der Waals surface area (Å²) in [5.41, 5.74) is 2.26. The predicted octanol–water partition coefficient (Wildman–Crippen LogP) is 2.73. The molecule has 1 atom stereocenters. The highest BCUT2D eigenvalue weighted by Crippen LogP contribution is 2.21. The van der Waals surface area contributed by atoms with E-state index in [-0.39, 0.29) is 5.92 Å². The van der Waals surface area contributed by atoms with Crippen LogP contribution in [0.5, 0.6) is 0 Å². The van der Waals surface area contributed by atoms with Crippen LogP contribution in [-0.4, -0.2) is 30.3 Å². The van der Waals surface area contributed by atoms with E-state index in [9.17, 15) is 9.90 Å². The van der Waals surface area contributed by atoms with Crippen LogP contribution in [-0.2, 0) is 16.1 Å². The highest BCUT2D eigenvalue weighted by molar-refractivity contribution is 9.10. The number of carboxylic acid groups (broad SMARTS) is 1. The van der Waals surface area contributed by atoms with E-state index in [4.69, 9.17) is 4.74 Å². The van der Waals surface area contributed by atoms with Gasteiger partial charge in [-0.1, -0.05) is 28.1 Å². The number of carboxylic acids is 1. The van der Waals surface area contributed by atoms with Gasteiger partial charge < -0.3 is 15.2 Å². The number of hydrogen-bond acceptors (Lipinski definition) is 3. The zero-order valence-corrected chi connectivity index (χ0v) is 13.1. The van der Waals surface area contributed by atoms with E-state index in [1.165, 1.54) is 5.56 Å². The fourth-order valence-corrected chi connectivity index (χ4v) is 2.91. The number of ether oxygens (including phenoxy) is 1. The molecule has 0 bridgehead atoms. The molecule has 1 aliphatic rings. The molecule has 0 aliphatic carbocycles. The first-order chi connectivity index (χ1) is 9.58. The third-order valence-electron chi connectivity index (χ3n) is 3.77. The quantitative estimate of drug-likeness (QED) is 0.864. The highest BCUT2D eigenvalue weighted by atomic mass is 79.9. The molecule has 1 unspecified atom stereocenters. The third kappa shape index (κ3) is 4.04. The van der Waals surface area contributed by atoms with Gasteiger partial charge in [0.1, 0.15) is 6.04 Å². The van der Waals surface area contributed by atoms with Crippen LogP contribution in [0.15, 0.2) is 22.7 Å². The summed E-state index contributed by atoms with van der Waals surface area (Å²) in [4.78, 5) is 11.4. The number of hydrogen-bond donors (Lipinski definition) is 2. The van der Waals surface area contributed by atoms with Crippen molar-refractivity contribution in [2.24, 2.45) is 5.92 Å². The molecule has 1 fully saturated rings. The summed E-state index contributed by atoms with van der Waals surface area (Å²) in [6.45, 7) is 3.91. The fourth-order valence-electron chi connectivity index (χ4n) is 2.48. The first-order valence-electron chi connectivity index (χ1n) is 6.87. The molecule has 2 rings (SSSR count). The van der Waals surface area contributed by atoms with Crippen LogP contribution in [0, 0.1) is 12.8 Å². The van der Waals surface area contributed by atoms with Gasteiger partial charge in [-0.3, -0.25) is 4.79 Å². The Kier molecular flexibility index (Phi) is 5.57. The number of nitrogens with one attached hydrogen (secondary N) is 1. The number of carbonyl (C=O) groups is 1. The Morgan fingerprint density at radius 3 is 2.80 bits per heavy atom. The van der Waals surface area contributed by atoms with Crippen LogP contribution in [0.4, 0.5) is 0 Å². The van der Waals surface area contributed by atoms with Crippen LogP contribution in [0.2, 0.25) is 0 Å². The summed E-state index contributed by atoms with van der Waals surface area (Å²) < 4.78 is 6.35. The summed E-state index contributed by atoms with van der Waals surface area (Å²) in [5.74, 6) is -0.627. The van der Waals surface area contributed by atoms with Crippen molar-refractivity contribution < 1.29 is 14.6 Å². The van der Waals surface area contributed by atoms with Crippen molar-refractivity contribution in [1.29, 1.82) is 0 Å². The fraction of sp³-hybridized carbons (Fsp3) is 0.533. The molecule has 1 aromatic carbocycles. The molecule has 0 radical (unpaired) electrons. The first-order valence-corrected chi connectivity index (χ1v) is 7.66. The monoisotopic (exact) mass is 341 g/mol. The SMILES string of the molecule is Cc1ccc(CNC(C(=O)O)C2CCOCC2)cc1Br. The second-order valence-electron chi connectivity index (χ2n) is 5.23. The van der Waals surface area contributed by atoms with E-state index in [0.29, 0.717) is 19.8 Å². The summed E-state index contributed by atoms with van der Waals surface area (Å²) in [6, 6.07) is 5.59. The molecule has 0 aromatic heterocycles. The van der Waals surface area contributed by atoms with Gasteiger partial charge in [0.2, 0.25) is 0 Å². The minimum absolute atomic E-state index is 0.148. The minimum atomic E-state index is -0.775. The number of aliphatic carboxylic acids is 1. The Labute approximate surface area is 127 Å². The Balaban J connectivity index is 1.97. The third-order valence-corrected chi connectivity index (χ3v) is 4.62. The van der Waals surface area contributed by atoms with Crippen molar-refractivity contribution in [3.05, 3.63) is 33.8 Å². The van der Waals surface area contributed by atoms with Crippen molar-refractivity contribution >= 4 is 21.9 Å². The molecule has 0 spiro atoms. The lowest BCUT2D eigenvalue weighted by molar-refractivity contribution is -0.142. The van der Waals surface area contributed by atoms with Gasteiger partial charge in [0, 0.05) is 24.2 Å². The number of halogens is 1. The summed E-state index contributed by atoms with van der Waals surface area (Å²) >= 11 is 3.50. The predicted molar refractivity (Wildman–Crippen MR) is 80.7 cm³/mol. The maximum absolute atomic E-state index is 11.4. The van der Waals surface area contributed by atoms with Gasteiger partial charge in [-0.25, -0.2) is 0 Å². The summed E-state index contributed by atoms with van der Waals surface area (Å²) in [5, 5.41) is 12.6. The largest absolute Gasteiger partial charge is 0.480 e. The lowest BCUT2D eigenvalue weighted by Crippen LogP contribution is -2.44. The molecule has 1 heterocycles. The molecule has 1 saturated heterocycles. The van der Waals surface area contributed by atoms with Gasteiger partial charge in [-0.05, 0) is 42.9 Å². The summed E-state index contributed by atoms with van der Waals surface area (Å²) in [7, 11) is 0. The lowest BCUT2D eigenvalue weighted by atomic mass is 9.91. The standard InChI is InChI=1S/C15H20BrNO3/c1-10-2-3-11(8-13(10)16)9-17-14(15(18)19)12-4-6-20-7-5-12/h2-3,8,12,14,17H,4-7,9H2,1H3,(H,18,19). The van der Waals surface area contributed by atoms with Crippen molar-refractivity contribution in [1.82, 2.24) is 5.32 Å². The molecule has 0 amide bonds. The Bertz CT molecular complexity index is 472. The molecule has 110 valence electrons. The van der Waals surface area contributed by atoms with Crippen molar-refractivity contribution in [2.45, 2.75) is 32.4 Å². The second kappa shape index (κ2) is 7.20. The van der Waals surface area contributed by atoms with Crippen LogP contribution in [0.1, 0.15) is 24.0 Å². The minimum Gasteiger partial charge on any atom is -0.480 e. The van der Waals surface area contributed by atoms with Crippen molar-refractivity contribution in [3.63, 3.8) is 0 Å². The number of benzene rings is 1. The van der Waals surface area contributed by atoms with Crippen molar-refractivity contribution in [3.8, 4) is 0 Å². The molecule has 1 aromatic rings. The Morgan fingerprint density at radius 1 is 1.50 bits per heavy atom. The van der Waals surface area contributed by atoms with E-state index in [0.717, 1.165) is 22.9 Å². The number of aryl methyl sites for hydroxylation is 1. The summed E-state index contributed by atoms with van der Waals surface area (Å²) in [6.07, 6.45) is 1.61. The average Bonchev–Trinajstić information content (AvgIpc) is 2.44. The number of rotatable bonds is 5. The van der Waals surface area contributed by atoms with E-state index in [1.54, 1.807) is 0 Å². The van der Waals surface area contributed by atoms with E-state index >= 15 is 0 Å². The molecule has 5 heteroatoms. The molecule has 4 nitrogen and oxygen atoms in total. The molecule has 2 N–H and O–H groups in total. The van der Waals surface area contributed by atoms with Crippen LogP contribution in [0.3, 0.4) is 0 Å². The van der Waals surface area contributed by atoms with Gasteiger partial charge >= 0.3 is 5.97 Å². The van der Waals surface area contributed by atoms with E-state index in [2.05, 4.69) is 21.2 Å². The maximum atomic E-state index is 11.4. The topological polar surface area (TPSA) is 58.6 Å². The van der Waals surface area contributed by atoms with Gasteiger partial charge in [0.15, 0.2) is 0 Å². The molecule has 20 heavy (non-hydrogen) atoms. The second-order valence-corrected chi connectivity index (χ2v) is 6.08. The van der Waals surface area contributed by atoms with Gasteiger partial charge in [0.25, 0.3) is 0 Å². The first kappa shape index (κ1) is 15.5. The van der Waals surface area contributed by atoms with E-state index in [1.807, 2.05) is 25.1 Å².